The lowest BCUT2D eigenvalue weighted by Crippen LogP contribution is -2.40. The highest BCUT2D eigenvalue weighted by Crippen LogP contribution is 2.26. The molecule has 6 nitrogen and oxygen atoms in total. The highest BCUT2D eigenvalue weighted by atomic mass is 35.5. The van der Waals surface area contributed by atoms with Crippen molar-refractivity contribution in [3.8, 4) is 0 Å². The van der Waals surface area contributed by atoms with Crippen molar-refractivity contribution in [1.82, 2.24) is 4.90 Å². The van der Waals surface area contributed by atoms with E-state index in [1.807, 2.05) is 13.8 Å². The Morgan fingerprint density at radius 2 is 2.08 bits per heavy atom. The predicted octanol–water partition coefficient (Wildman–Crippen LogP) is 3.01. The normalized spacial score (nSPS) is 17.2. The van der Waals surface area contributed by atoms with E-state index in [2.05, 4.69) is 5.32 Å². The fraction of sp³-hybridized carbons (Fsp3) is 0.471. The molecule has 2 rings (SSSR count). The van der Waals surface area contributed by atoms with Crippen molar-refractivity contribution in [1.29, 1.82) is 0 Å². The summed E-state index contributed by atoms with van der Waals surface area (Å²) in [6, 6.07) is 3.83. The van der Waals surface area contributed by atoms with E-state index in [9.17, 15) is 19.5 Å². The zero-order valence-corrected chi connectivity index (χ0v) is 14.5. The number of carbonyl (C=O) groups excluding carboxylic acids is 2. The lowest BCUT2D eigenvalue weighted by molar-refractivity contribution is -0.141. The molecule has 1 atom stereocenters. The van der Waals surface area contributed by atoms with Crippen molar-refractivity contribution in [2.75, 3.05) is 11.9 Å². The molecule has 1 saturated heterocycles. The van der Waals surface area contributed by atoms with E-state index < -0.39 is 17.9 Å². The second-order valence-corrected chi connectivity index (χ2v) is 6.74. The van der Waals surface area contributed by atoms with Crippen molar-refractivity contribution in [3.63, 3.8) is 0 Å². The number of aliphatic carboxylic acids is 1. The maximum absolute atomic E-state index is 12.7. The maximum Gasteiger partial charge on any atom is 0.326 e. The van der Waals surface area contributed by atoms with Crippen molar-refractivity contribution in [3.05, 3.63) is 28.8 Å². The Hall–Kier alpha value is -2.08. The van der Waals surface area contributed by atoms with E-state index >= 15 is 0 Å². The number of likely N-dealkylation sites (tertiary alicyclic amines) is 1. The lowest BCUT2D eigenvalue weighted by atomic mass is 10.1. The van der Waals surface area contributed by atoms with Gasteiger partial charge in [0.15, 0.2) is 0 Å². The molecule has 0 unspecified atom stereocenters. The Morgan fingerprint density at radius 1 is 1.38 bits per heavy atom. The SMILES string of the molecule is CC(C)CC(=O)Nc1ccc(Cl)c(C(=O)N2CCC[C@H]2C(=O)O)c1. The molecule has 1 aromatic carbocycles. The maximum atomic E-state index is 12.7. The van der Waals surface area contributed by atoms with Crippen LogP contribution < -0.4 is 5.32 Å². The van der Waals surface area contributed by atoms with E-state index in [0.717, 1.165) is 0 Å². The molecular weight excluding hydrogens is 332 g/mol. The van der Waals surface area contributed by atoms with Gasteiger partial charge in [0, 0.05) is 18.7 Å². The molecule has 2 amide bonds. The third kappa shape index (κ3) is 4.26. The van der Waals surface area contributed by atoms with Crippen LogP contribution >= 0.6 is 11.6 Å². The first-order chi connectivity index (χ1) is 11.3. The predicted molar refractivity (Wildman–Crippen MR) is 91.2 cm³/mol. The summed E-state index contributed by atoms with van der Waals surface area (Å²) in [6.45, 7) is 4.27. The highest BCUT2D eigenvalue weighted by Gasteiger charge is 2.35. The van der Waals surface area contributed by atoms with Gasteiger partial charge in [-0.1, -0.05) is 25.4 Å². The Kier molecular flexibility index (Phi) is 5.83. The monoisotopic (exact) mass is 352 g/mol. The van der Waals surface area contributed by atoms with Crippen molar-refractivity contribution in [2.45, 2.75) is 39.2 Å². The number of hydrogen-bond donors (Lipinski definition) is 2. The number of benzene rings is 1. The van der Waals surface area contributed by atoms with Crippen LogP contribution in [0.15, 0.2) is 18.2 Å². The van der Waals surface area contributed by atoms with Gasteiger partial charge in [0.1, 0.15) is 6.04 Å². The first-order valence-corrected chi connectivity index (χ1v) is 8.30. The number of hydrogen-bond acceptors (Lipinski definition) is 3. The first-order valence-electron chi connectivity index (χ1n) is 7.92. The van der Waals surface area contributed by atoms with E-state index in [4.69, 9.17) is 11.6 Å². The molecule has 1 aliphatic heterocycles. The highest BCUT2D eigenvalue weighted by molar-refractivity contribution is 6.34. The van der Waals surface area contributed by atoms with Gasteiger partial charge in [-0.05, 0) is 37.0 Å². The molecule has 0 aliphatic carbocycles. The summed E-state index contributed by atoms with van der Waals surface area (Å²) in [4.78, 5) is 37.1. The number of carbonyl (C=O) groups is 3. The van der Waals surface area contributed by atoms with E-state index in [0.29, 0.717) is 31.5 Å². The number of amides is 2. The Bertz CT molecular complexity index is 660. The van der Waals surface area contributed by atoms with Gasteiger partial charge in [-0.2, -0.15) is 0 Å². The second kappa shape index (κ2) is 7.66. The first kappa shape index (κ1) is 18.3. The molecule has 0 saturated carbocycles. The second-order valence-electron chi connectivity index (χ2n) is 6.34. The smallest absolute Gasteiger partial charge is 0.326 e. The summed E-state index contributed by atoms with van der Waals surface area (Å²) in [5, 5.41) is 12.2. The van der Waals surface area contributed by atoms with Crippen LogP contribution in [0.5, 0.6) is 0 Å². The van der Waals surface area contributed by atoms with Gasteiger partial charge in [0.25, 0.3) is 5.91 Å². The number of nitrogens with one attached hydrogen (secondary N) is 1. The summed E-state index contributed by atoms with van der Waals surface area (Å²) in [5.41, 5.74) is 0.673. The van der Waals surface area contributed by atoms with Crippen LogP contribution in [0.25, 0.3) is 0 Å². The van der Waals surface area contributed by atoms with Gasteiger partial charge >= 0.3 is 5.97 Å². The molecule has 130 valence electrons. The van der Waals surface area contributed by atoms with Crippen LogP contribution in [0.1, 0.15) is 43.5 Å². The number of anilines is 1. The molecule has 1 fully saturated rings. The summed E-state index contributed by atoms with van der Waals surface area (Å²) < 4.78 is 0. The number of nitrogens with zero attached hydrogens (tertiary/aromatic N) is 1. The topological polar surface area (TPSA) is 86.7 Å². The average molecular weight is 353 g/mol. The molecule has 0 radical (unpaired) electrons. The van der Waals surface area contributed by atoms with E-state index in [1.165, 1.54) is 17.0 Å². The Labute approximate surface area is 145 Å². The largest absolute Gasteiger partial charge is 0.480 e. The molecule has 0 spiro atoms. The zero-order valence-electron chi connectivity index (χ0n) is 13.7. The summed E-state index contributed by atoms with van der Waals surface area (Å²) in [7, 11) is 0. The van der Waals surface area contributed by atoms with Gasteiger partial charge in [-0.25, -0.2) is 4.79 Å². The molecule has 1 aliphatic rings. The van der Waals surface area contributed by atoms with Gasteiger partial charge in [0.05, 0.1) is 10.6 Å². The third-order valence-corrected chi connectivity index (χ3v) is 4.20. The van der Waals surface area contributed by atoms with E-state index in [1.54, 1.807) is 6.07 Å². The zero-order chi connectivity index (χ0) is 17.9. The third-order valence-electron chi connectivity index (χ3n) is 3.87. The van der Waals surface area contributed by atoms with Crippen LogP contribution in [-0.4, -0.2) is 40.4 Å². The summed E-state index contributed by atoms with van der Waals surface area (Å²) in [5.74, 6) is -1.36. The molecule has 2 N–H and O–H groups in total. The summed E-state index contributed by atoms with van der Waals surface area (Å²) in [6.07, 6.45) is 1.45. The van der Waals surface area contributed by atoms with E-state index in [-0.39, 0.29) is 22.4 Å². The number of rotatable bonds is 5. The Balaban J connectivity index is 2.20. The Morgan fingerprint density at radius 3 is 2.71 bits per heavy atom. The van der Waals surface area contributed by atoms with Crippen LogP contribution in [-0.2, 0) is 9.59 Å². The fourth-order valence-electron chi connectivity index (χ4n) is 2.77. The number of halogens is 1. The van der Waals surface area contributed by atoms with Crippen LogP contribution in [0, 0.1) is 5.92 Å². The molecular formula is C17H21ClN2O4. The summed E-state index contributed by atoms with van der Waals surface area (Å²) >= 11 is 6.11. The van der Waals surface area contributed by atoms with Crippen molar-refractivity contribution < 1.29 is 19.5 Å². The quantitative estimate of drug-likeness (QED) is 0.852. The van der Waals surface area contributed by atoms with Crippen molar-refractivity contribution >= 4 is 35.1 Å². The fourth-order valence-corrected chi connectivity index (χ4v) is 2.97. The minimum absolute atomic E-state index is 0.143. The van der Waals surface area contributed by atoms with Gasteiger partial charge in [-0.15, -0.1) is 0 Å². The number of carboxylic acids is 1. The molecule has 24 heavy (non-hydrogen) atoms. The molecule has 1 heterocycles. The molecule has 1 aromatic rings. The van der Waals surface area contributed by atoms with Gasteiger partial charge in [0.2, 0.25) is 5.91 Å². The van der Waals surface area contributed by atoms with Gasteiger partial charge in [-0.3, -0.25) is 9.59 Å². The number of carboxylic acid groups (broad SMARTS) is 1. The molecule has 0 aromatic heterocycles. The average Bonchev–Trinajstić information content (AvgIpc) is 2.97. The van der Waals surface area contributed by atoms with Gasteiger partial charge < -0.3 is 15.3 Å². The molecule has 7 heteroatoms. The standard InChI is InChI=1S/C17H21ClN2O4/c1-10(2)8-15(21)19-11-5-6-13(18)12(9-11)16(22)20-7-3-4-14(20)17(23)24/h5-6,9-10,14H,3-4,7-8H2,1-2H3,(H,19,21)(H,23,24)/t14-/m0/s1. The van der Waals surface area contributed by atoms with Crippen molar-refractivity contribution in [2.24, 2.45) is 5.92 Å². The molecule has 0 bridgehead atoms. The van der Waals surface area contributed by atoms with Crippen LogP contribution in [0.2, 0.25) is 5.02 Å². The minimum atomic E-state index is -1.02. The van der Waals surface area contributed by atoms with Crippen LogP contribution in [0.3, 0.4) is 0 Å². The lowest BCUT2D eigenvalue weighted by Gasteiger charge is -2.22. The minimum Gasteiger partial charge on any atom is -0.480 e. The van der Waals surface area contributed by atoms with Crippen LogP contribution in [0.4, 0.5) is 5.69 Å².